The second-order valence-corrected chi connectivity index (χ2v) is 7.04. The predicted molar refractivity (Wildman–Crippen MR) is 74.3 cm³/mol. The first kappa shape index (κ1) is 13.4. The third-order valence-electron chi connectivity index (χ3n) is 4.66. The first-order chi connectivity index (χ1) is 8.05. The van der Waals surface area contributed by atoms with Crippen LogP contribution in [0.3, 0.4) is 0 Å². The van der Waals surface area contributed by atoms with Crippen molar-refractivity contribution in [3.63, 3.8) is 0 Å². The number of hydrogen-bond donors (Lipinski definition) is 2. The topological polar surface area (TPSA) is 24.1 Å². The van der Waals surface area contributed by atoms with Crippen LogP contribution in [0, 0.1) is 5.41 Å². The van der Waals surface area contributed by atoms with Crippen LogP contribution in [-0.2, 0) is 0 Å². The normalized spacial score (nSPS) is 31.6. The number of nitrogens with one attached hydrogen (secondary N) is 2. The standard InChI is InChI=1S/C15H30N2/c1-12(11-14-5-4-10-16-14)17-13-6-8-15(2,3)9-7-13/h12-14,16-17H,4-11H2,1-3H3. The summed E-state index contributed by atoms with van der Waals surface area (Å²) in [4.78, 5) is 0. The molecule has 0 bridgehead atoms. The zero-order chi connectivity index (χ0) is 12.3. The van der Waals surface area contributed by atoms with Gasteiger partial charge in [-0.15, -0.1) is 0 Å². The number of rotatable bonds is 4. The summed E-state index contributed by atoms with van der Waals surface area (Å²) in [5, 5.41) is 7.44. The van der Waals surface area contributed by atoms with Gasteiger partial charge in [0.2, 0.25) is 0 Å². The lowest BCUT2D eigenvalue weighted by Crippen LogP contribution is -2.42. The SMILES string of the molecule is CC(CC1CCCN1)NC1CCC(C)(C)CC1. The molecule has 1 heterocycles. The van der Waals surface area contributed by atoms with E-state index in [1.54, 1.807) is 0 Å². The van der Waals surface area contributed by atoms with Crippen molar-refractivity contribution in [2.75, 3.05) is 6.54 Å². The van der Waals surface area contributed by atoms with Gasteiger partial charge in [0.1, 0.15) is 0 Å². The van der Waals surface area contributed by atoms with Crippen LogP contribution in [0.4, 0.5) is 0 Å². The van der Waals surface area contributed by atoms with Crippen LogP contribution in [0.1, 0.15) is 65.7 Å². The number of hydrogen-bond acceptors (Lipinski definition) is 2. The van der Waals surface area contributed by atoms with E-state index in [0.717, 1.165) is 12.1 Å². The Kier molecular flexibility index (Phi) is 4.48. The molecule has 2 heteroatoms. The van der Waals surface area contributed by atoms with Gasteiger partial charge >= 0.3 is 0 Å². The Labute approximate surface area is 107 Å². The van der Waals surface area contributed by atoms with Gasteiger partial charge < -0.3 is 10.6 Å². The maximum atomic E-state index is 3.84. The minimum absolute atomic E-state index is 0.592. The van der Waals surface area contributed by atoms with Gasteiger partial charge in [0, 0.05) is 18.1 Å². The third-order valence-corrected chi connectivity index (χ3v) is 4.66. The summed E-state index contributed by atoms with van der Waals surface area (Å²) in [7, 11) is 0. The van der Waals surface area contributed by atoms with Gasteiger partial charge in [-0.3, -0.25) is 0 Å². The molecule has 2 aliphatic rings. The molecule has 0 aromatic carbocycles. The molecule has 1 saturated heterocycles. The van der Waals surface area contributed by atoms with Crippen molar-refractivity contribution in [1.29, 1.82) is 0 Å². The van der Waals surface area contributed by atoms with Crippen molar-refractivity contribution in [2.24, 2.45) is 5.41 Å². The second-order valence-electron chi connectivity index (χ2n) is 7.04. The Bertz CT molecular complexity index is 221. The van der Waals surface area contributed by atoms with Gasteiger partial charge in [-0.05, 0) is 63.8 Å². The molecule has 0 amide bonds. The fourth-order valence-electron chi connectivity index (χ4n) is 3.42. The molecule has 2 fully saturated rings. The molecule has 1 aliphatic carbocycles. The van der Waals surface area contributed by atoms with Gasteiger partial charge in [0.05, 0.1) is 0 Å². The predicted octanol–water partition coefficient (Wildman–Crippen LogP) is 3.08. The molecular formula is C15H30N2. The van der Waals surface area contributed by atoms with Crippen molar-refractivity contribution >= 4 is 0 Å². The Balaban J connectivity index is 1.66. The molecule has 0 aromatic rings. The van der Waals surface area contributed by atoms with E-state index in [1.165, 1.54) is 51.5 Å². The summed E-state index contributed by atoms with van der Waals surface area (Å²) in [6.07, 6.45) is 9.57. The minimum Gasteiger partial charge on any atom is -0.314 e. The third kappa shape index (κ3) is 4.26. The molecule has 0 aromatic heterocycles. The summed E-state index contributed by atoms with van der Waals surface area (Å²) >= 11 is 0. The van der Waals surface area contributed by atoms with E-state index in [0.29, 0.717) is 11.5 Å². The van der Waals surface area contributed by atoms with E-state index < -0.39 is 0 Å². The van der Waals surface area contributed by atoms with Gasteiger partial charge in [-0.2, -0.15) is 0 Å². The minimum atomic E-state index is 0.592. The molecule has 100 valence electrons. The smallest absolute Gasteiger partial charge is 0.00822 e. The highest BCUT2D eigenvalue weighted by atomic mass is 15.0. The highest BCUT2D eigenvalue weighted by Crippen LogP contribution is 2.35. The van der Waals surface area contributed by atoms with E-state index in [4.69, 9.17) is 0 Å². The van der Waals surface area contributed by atoms with E-state index in [2.05, 4.69) is 31.4 Å². The van der Waals surface area contributed by atoms with E-state index in [1.807, 2.05) is 0 Å². The Morgan fingerprint density at radius 1 is 1.24 bits per heavy atom. The summed E-state index contributed by atoms with van der Waals surface area (Å²) in [5.41, 5.74) is 0.592. The molecule has 17 heavy (non-hydrogen) atoms. The van der Waals surface area contributed by atoms with Gasteiger partial charge in [-0.25, -0.2) is 0 Å². The van der Waals surface area contributed by atoms with Crippen molar-refractivity contribution in [3.8, 4) is 0 Å². The Hall–Kier alpha value is -0.0800. The Morgan fingerprint density at radius 2 is 1.94 bits per heavy atom. The lowest BCUT2D eigenvalue weighted by molar-refractivity contribution is 0.196. The molecule has 0 radical (unpaired) electrons. The molecule has 1 aliphatic heterocycles. The largest absolute Gasteiger partial charge is 0.314 e. The quantitative estimate of drug-likeness (QED) is 0.786. The summed E-state index contributed by atoms with van der Waals surface area (Å²) < 4.78 is 0. The van der Waals surface area contributed by atoms with Crippen LogP contribution in [0.25, 0.3) is 0 Å². The lowest BCUT2D eigenvalue weighted by Gasteiger charge is -2.36. The van der Waals surface area contributed by atoms with Gasteiger partial charge in [0.25, 0.3) is 0 Å². The van der Waals surface area contributed by atoms with E-state index in [9.17, 15) is 0 Å². The average molecular weight is 238 g/mol. The van der Waals surface area contributed by atoms with Gasteiger partial charge in [-0.1, -0.05) is 13.8 Å². The van der Waals surface area contributed by atoms with Gasteiger partial charge in [0.15, 0.2) is 0 Å². The Morgan fingerprint density at radius 3 is 2.53 bits per heavy atom. The highest BCUT2D eigenvalue weighted by Gasteiger charge is 2.27. The van der Waals surface area contributed by atoms with Crippen LogP contribution in [-0.4, -0.2) is 24.7 Å². The molecule has 2 atom stereocenters. The molecular weight excluding hydrogens is 208 g/mol. The van der Waals surface area contributed by atoms with Crippen LogP contribution in [0.5, 0.6) is 0 Å². The highest BCUT2D eigenvalue weighted by molar-refractivity contribution is 4.85. The monoisotopic (exact) mass is 238 g/mol. The summed E-state index contributed by atoms with van der Waals surface area (Å²) in [6.45, 7) is 8.42. The zero-order valence-electron chi connectivity index (χ0n) is 11.9. The van der Waals surface area contributed by atoms with Crippen LogP contribution >= 0.6 is 0 Å². The maximum absolute atomic E-state index is 3.84. The fraction of sp³-hybridized carbons (Fsp3) is 1.00. The van der Waals surface area contributed by atoms with E-state index in [-0.39, 0.29) is 0 Å². The van der Waals surface area contributed by atoms with Crippen molar-refractivity contribution in [3.05, 3.63) is 0 Å². The van der Waals surface area contributed by atoms with Crippen molar-refractivity contribution < 1.29 is 0 Å². The molecule has 0 spiro atoms. The fourth-order valence-corrected chi connectivity index (χ4v) is 3.42. The van der Waals surface area contributed by atoms with Crippen LogP contribution in [0.2, 0.25) is 0 Å². The van der Waals surface area contributed by atoms with E-state index >= 15 is 0 Å². The molecule has 1 saturated carbocycles. The second kappa shape index (κ2) is 5.71. The first-order valence-electron chi connectivity index (χ1n) is 7.55. The zero-order valence-corrected chi connectivity index (χ0v) is 11.9. The van der Waals surface area contributed by atoms with Crippen molar-refractivity contribution in [2.45, 2.75) is 83.8 Å². The molecule has 2 rings (SSSR count). The average Bonchev–Trinajstić information content (AvgIpc) is 2.74. The van der Waals surface area contributed by atoms with Crippen molar-refractivity contribution in [1.82, 2.24) is 10.6 Å². The summed E-state index contributed by atoms with van der Waals surface area (Å²) in [5.74, 6) is 0. The molecule has 2 unspecified atom stereocenters. The summed E-state index contributed by atoms with van der Waals surface area (Å²) in [6, 6.07) is 2.23. The molecule has 2 nitrogen and oxygen atoms in total. The molecule has 2 N–H and O–H groups in total. The lowest BCUT2D eigenvalue weighted by atomic mass is 9.75. The van der Waals surface area contributed by atoms with Crippen LogP contribution in [0.15, 0.2) is 0 Å². The maximum Gasteiger partial charge on any atom is 0.00822 e. The first-order valence-corrected chi connectivity index (χ1v) is 7.55. The van der Waals surface area contributed by atoms with Crippen LogP contribution < -0.4 is 10.6 Å².